The largest absolute Gasteiger partial charge is 0.484 e. The van der Waals surface area contributed by atoms with E-state index >= 15 is 0 Å². The molecule has 0 aliphatic carbocycles. The fourth-order valence-corrected chi connectivity index (χ4v) is 1.71. The second-order valence-electron chi connectivity index (χ2n) is 4.54. The van der Waals surface area contributed by atoms with Crippen LogP contribution in [0.15, 0.2) is 35.6 Å². The van der Waals surface area contributed by atoms with Gasteiger partial charge in [-0.3, -0.25) is 14.9 Å². The van der Waals surface area contributed by atoms with Crippen LogP contribution in [0.2, 0.25) is 0 Å². The van der Waals surface area contributed by atoms with Gasteiger partial charge in [0, 0.05) is 18.7 Å². The van der Waals surface area contributed by atoms with Gasteiger partial charge in [-0.2, -0.15) is 14.6 Å². The van der Waals surface area contributed by atoms with E-state index in [4.69, 9.17) is 4.74 Å². The predicted octanol–water partition coefficient (Wildman–Crippen LogP) is 1.48. The van der Waals surface area contributed by atoms with Crippen molar-refractivity contribution >= 4 is 17.8 Å². The fourth-order valence-electron chi connectivity index (χ4n) is 1.71. The third kappa shape index (κ3) is 4.35. The Kier molecular flexibility index (Phi) is 5.55. The summed E-state index contributed by atoms with van der Waals surface area (Å²) >= 11 is 0. The number of nitro benzene ring substituents is 1. The Morgan fingerprint density at radius 3 is 2.79 bits per heavy atom. The van der Waals surface area contributed by atoms with Gasteiger partial charge in [0.1, 0.15) is 5.75 Å². The highest BCUT2D eigenvalue weighted by molar-refractivity contribution is 5.82. The average Bonchev–Trinajstić information content (AvgIpc) is 2.93. The van der Waals surface area contributed by atoms with Crippen LogP contribution in [0, 0.1) is 16.1 Å². The van der Waals surface area contributed by atoms with E-state index in [1.807, 2.05) is 0 Å². The van der Waals surface area contributed by atoms with Crippen LogP contribution in [0.1, 0.15) is 12.5 Å². The molecule has 0 atom stereocenters. The quantitative estimate of drug-likeness (QED) is 0.468. The minimum absolute atomic E-state index is 0.0777. The number of hydrazone groups is 1. The Labute approximate surface area is 135 Å². The molecule has 0 spiro atoms. The first-order chi connectivity index (χ1) is 11.5. The lowest BCUT2D eigenvalue weighted by Crippen LogP contribution is -2.24. The number of nitrogens with one attached hydrogen (secondary N) is 1. The number of ether oxygens (including phenoxy) is 1. The average molecular weight is 335 g/mol. The summed E-state index contributed by atoms with van der Waals surface area (Å²) in [6.07, 6.45) is 2.43. The van der Waals surface area contributed by atoms with E-state index in [0.717, 1.165) is 10.9 Å². The topological polar surface area (TPSA) is 112 Å². The molecule has 0 aliphatic rings. The molecule has 0 bridgehead atoms. The van der Waals surface area contributed by atoms with Gasteiger partial charge in [-0.15, -0.1) is 0 Å². The van der Waals surface area contributed by atoms with E-state index in [-0.39, 0.29) is 17.9 Å². The molecule has 126 valence electrons. The van der Waals surface area contributed by atoms with Crippen LogP contribution in [-0.4, -0.2) is 33.4 Å². The number of benzene rings is 1. The number of hydrogen-bond donors (Lipinski definition) is 1. The van der Waals surface area contributed by atoms with Crippen LogP contribution in [0.4, 0.5) is 10.1 Å². The summed E-state index contributed by atoms with van der Waals surface area (Å²) in [7, 11) is 0. The third-order valence-corrected chi connectivity index (χ3v) is 2.91. The van der Waals surface area contributed by atoms with Crippen molar-refractivity contribution < 1.29 is 18.8 Å². The summed E-state index contributed by atoms with van der Waals surface area (Å²) < 4.78 is 19.9. The van der Waals surface area contributed by atoms with Gasteiger partial charge in [-0.1, -0.05) is 0 Å². The fraction of sp³-hybridized carbons (Fsp3) is 0.214. The molecule has 1 amide bonds. The molecular weight excluding hydrogens is 321 g/mol. The Bertz CT molecular complexity index is 757. The van der Waals surface area contributed by atoms with Gasteiger partial charge in [-0.25, -0.2) is 10.1 Å². The molecule has 2 aromatic rings. The first-order valence-corrected chi connectivity index (χ1v) is 6.91. The van der Waals surface area contributed by atoms with E-state index in [1.165, 1.54) is 30.5 Å². The number of rotatable bonds is 7. The van der Waals surface area contributed by atoms with E-state index < -0.39 is 16.8 Å². The highest BCUT2D eigenvalue weighted by atomic mass is 19.1. The standard InChI is InChI=1S/C14H14FN5O4/c1-2-19-14(15)10(8-17-19)7-16-18-13(21)9-24-12-5-3-11(4-6-12)20(22)23/h3-8H,2,9H2,1H3,(H,18,21)/b16-7+. The maximum atomic E-state index is 13.6. The summed E-state index contributed by atoms with van der Waals surface area (Å²) in [5.74, 6) is -0.805. The molecule has 0 saturated heterocycles. The molecule has 0 radical (unpaired) electrons. The zero-order chi connectivity index (χ0) is 17.5. The number of aromatic nitrogens is 2. The molecule has 0 aliphatic heterocycles. The summed E-state index contributed by atoms with van der Waals surface area (Å²) in [4.78, 5) is 21.5. The van der Waals surface area contributed by atoms with Gasteiger partial charge in [0.25, 0.3) is 11.6 Å². The molecule has 0 saturated carbocycles. The van der Waals surface area contributed by atoms with Gasteiger partial charge in [0.15, 0.2) is 6.61 Å². The van der Waals surface area contributed by atoms with Gasteiger partial charge in [0.2, 0.25) is 5.95 Å². The second-order valence-corrected chi connectivity index (χ2v) is 4.54. The molecule has 0 fully saturated rings. The van der Waals surface area contributed by atoms with Crippen LogP contribution >= 0.6 is 0 Å². The molecule has 1 aromatic heterocycles. The van der Waals surface area contributed by atoms with Gasteiger partial charge in [0.05, 0.1) is 22.9 Å². The van der Waals surface area contributed by atoms with Crippen molar-refractivity contribution in [2.45, 2.75) is 13.5 Å². The second kappa shape index (κ2) is 7.81. The predicted molar refractivity (Wildman–Crippen MR) is 82.2 cm³/mol. The van der Waals surface area contributed by atoms with Crippen LogP contribution in [-0.2, 0) is 11.3 Å². The van der Waals surface area contributed by atoms with Crippen molar-refractivity contribution in [1.29, 1.82) is 0 Å². The van der Waals surface area contributed by atoms with Crippen molar-refractivity contribution in [2.75, 3.05) is 6.61 Å². The van der Waals surface area contributed by atoms with Crippen molar-refractivity contribution in [3.8, 4) is 5.75 Å². The first kappa shape index (κ1) is 17.1. The van der Waals surface area contributed by atoms with Crippen molar-refractivity contribution in [1.82, 2.24) is 15.2 Å². The molecule has 2 rings (SSSR count). The smallest absolute Gasteiger partial charge is 0.277 e. The molecule has 1 aromatic carbocycles. The normalized spacial score (nSPS) is 10.8. The monoisotopic (exact) mass is 335 g/mol. The van der Waals surface area contributed by atoms with E-state index in [2.05, 4.69) is 15.6 Å². The lowest BCUT2D eigenvalue weighted by atomic mass is 10.3. The Morgan fingerprint density at radius 2 is 2.21 bits per heavy atom. The summed E-state index contributed by atoms with van der Waals surface area (Å²) in [5.41, 5.74) is 2.25. The third-order valence-electron chi connectivity index (χ3n) is 2.91. The van der Waals surface area contributed by atoms with Gasteiger partial charge in [-0.05, 0) is 19.1 Å². The minimum atomic E-state index is -0.562. The van der Waals surface area contributed by atoms with E-state index in [0.29, 0.717) is 12.3 Å². The van der Waals surface area contributed by atoms with Gasteiger partial charge < -0.3 is 4.74 Å². The molecule has 0 unspecified atom stereocenters. The van der Waals surface area contributed by atoms with Crippen molar-refractivity contribution in [3.63, 3.8) is 0 Å². The van der Waals surface area contributed by atoms with Crippen LogP contribution in [0.3, 0.4) is 0 Å². The number of carbonyl (C=O) groups excluding carboxylic acids is 1. The van der Waals surface area contributed by atoms with Crippen LogP contribution in [0.5, 0.6) is 5.75 Å². The maximum absolute atomic E-state index is 13.6. The number of halogens is 1. The van der Waals surface area contributed by atoms with Crippen molar-refractivity contribution in [2.24, 2.45) is 5.10 Å². The van der Waals surface area contributed by atoms with E-state index in [1.54, 1.807) is 6.92 Å². The van der Waals surface area contributed by atoms with Crippen molar-refractivity contribution in [3.05, 3.63) is 52.1 Å². The maximum Gasteiger partial charge on any atom is 0.277 e. The highest BCUT2D eigenvalue weighted by Gasteiger charge is 2.08. The lowest BCUT2D eigenvalue weighted by molar-refractivity contribution is -0.384. The first-order valence-electron chi connectivity index (χ1n) is 6.91. The molecule has 9 nitrogen and oxygen atoms in total. The van der Waals surface area contributed by atoms with Crippen LogP contribution in [0.25, 0.3) is 0 Å². The molecule has 1 N–H and O–H groups in total. The highest BCUT2D eigenvalue weighted by Crippen LogP contribution is 2.17. The molecular formula is C14H14FN5O4. The number of nitrogens with zero attached hydrogens (tertiary/aromatic N) is 4. The Hall–Kier alpha value is -3.30. The number of non-ortho nitro benzene ring substituents is 1. The number of aryl methyl sites for hydroxylation is 1. The SMILES string of the molecule is CCn1ncc(/C=N/NC(=O)COc2ccc([N+](=O)[O-])cc2)c1F. The lowest BCUT2D eigenvalue weighted by Gasteiger charge is -2.04. The van der Waals surface area contributed by atoms with Gasteiger partial charge >= 0.3 is 0 Å². The molecule has 10 heteroatoms. The number of nitro groups is 1. The summed E-state index contributed by atoms with van der Waals surface area (Å²) in [5, 5.41) is 17.9. The number of hydrogen-bond acceptors (Lipinski definition) is 6. The van der Waals surface area contributed by atoms with Crippen LogP contribution < -0.4 is 10.2 Å². The zero-order valence-corrected chi connectivity index (χ0v) is 12.7. The molecule has 24 heavy (non-hydrogen) atoms. The summed E-state index contributed by atoms with van der Waals surface area (Å²) in [6, 6.07) is 5.28. The summed E-state index contributed by atoms with van der Waals surface area (Å²) in [6.45, 7) is 1.79. The Morgan fingerprint density at radius 1 is 1.50 bits per heavy atom. The number of carbonyl (C=O) groups is 1. The minimum Gasteiger partial charge on any atom is -0.484 e. The Balaban J connectivity index is 1.81. The zero-order valence-electron chi connectivity index (χ0n) is 12.7. The number of amides is 1. The molecule has 1 heterocycles. The van der Waals surface area contributed by atoms with E-state index in [9.17, 15) is 19.3 Å².